The van der Waals surface area contributed by atoms with Gasteiger partial charge in [-0.3, -0.25) is 0 Å². The lowest BCUT2D eigenvalue weighted by Crippen LogP contribution is -2.39. The molecule has 1 aliphatic heterocycles. The van der Waals surface area contributed by atoms with Gasteiger partial charge in [0.25, 0.3) is 0 Å². The summed E-state index contributed by atoms with van der Waals surface area (Å²) in [4.78, 5) is 6.98. The molecule has 102 valence electrons. The fourth-order valence-electron chi connectivity index (χ4n) is 2.51. The highest BCUT2D eigenvalue weighted by molar-refractivity contribution is 5.04. The third-order valence-corrected chi connectivity index (χ3v) is 3.93. The average Bonchev–Trinajstić information content (AvgIpc) is 2.87. The molecular formula is C14H25N3O. The molecule has 1 N–H and O–H groups in total. The zero-order chi connectivity index (χ0) is 13.1. The molecule has 1 aromatic rings. The van der Waals surface area contributed by atoms with Crippen LogP contribution >= 0.6 is 0 Å². The zero-order valence-electron chi connectivity index (χ0n) is 11.9. The Kier molecular flexibility index (Phi) is 4.40. The Labute approximate surface area is 110 Å². The second-order valence-electron chi connectivity index (χ2n) is 5.54. The maximum atomic E-state index is 5.90. The van der Waals surface area contributed by atoms with Crippen LogP contribution < -0.4 is 5.32 Å². The van der Waals surface area contributed by atoms with E-state index in [0.29, 0.717) is 12.0 Å². The molecule has 1 aliphatic rings. The van der Waals surface area contributed by atoms with Gasteiger partial charge in [0.2, 0.25) is 0 Å². The third-order valence-electron chi connectivity index (χ3n) is 3.93. The predicted octanol–water partition coefficient (Wildman–Crippen LogP) is 2.54. The maximum absolute atomic E-state index is 5.90. The minimum atomic E-state index is 0.232. The molecule has 0 aliphatic carbocycles. The molecule has 2 unspecified atom stereocenters. The number of hydrogen-bond acceptors (Lipinski definition) is 4. The van der Waals surface area contributed by atoms with Gasteiger partial charge in [0, 0.05) is 18.5 Å². The number of nitrogens with zero attached hydrogens (tertiary/aromatic N) is 2. The first kappa shape index (κ1) is 13.6. The van der Waals surface area contributed by atoms with E-state index in [0.717, 1.165) is 18.2 Å². The number of likely N-dealkylation sites (tertiary alicyclic amines) is 1. The van der Waals surface area contributed by atoms with Crippen molar-refractivity contribution in [3.8, 4) is 0 Å². The van der Waals surface area contributed by atoms with Crippen LogP contribution in [0.15, 0.2) is 10.6 Å². The lowest BCUT2D eigenvalue weighted by Gasteiger charge is -2.34. The molecule has 0 saturated carbocycles. The van der Waals surface area contributed by atoms with Crippen molar-refractivity contribution in [2.45, 2.75) is 51.6 Å². The summed E-state index contributed by atoms with van der Waals surface area (Å²) in [7, 11) is 1.94. The zero-order valence-corrected chi connectivity index (χ0v) is 11.9. The molecule has 0 radical (unpaired) electrons. The molecule has 0 aromatic carbocycles. The number of rotatable bonds is 4. The molecule has 4 heteroatoms. The monoisotopic (exact) mass is 251 g/mol. The number of nitrogens with one attached hydrogen (secondary N) is 1. The normalized spacial score (nSPS) is 23.5. The lowest BCUT2D eigenvalue weighted by atomic mass is 9.97. The summed E-state index contributed by atoms with van der Waals surface area (Å²) in [6.07, 6.45) is 4.30. The van der Waals surface area contributed by atoms with E-state index >= 15 is 0 Å². The highest BCUT2D eigenvalue weighted by atomic mass is 16.4. The Morgan fingerprint density at radius 1 is 1.44 bits per heavy atom. The van der Waals surface area contributed by atoms with Gasteiger partial charge in [0.15, 0.2) is 5.89 Å². The largest absolute Gasteiger partial charge is 0.444 e. The van der Waals surface area contributed by atoms with E-state index in [-0.39, 0.29) is 6.04 Å². The van der Waals surface area contributed by atoms with Crippen LogP contribution in [0.25, 0.3) is 0 Å². The Morgan fingerprint density at radius 3 is 2.89 bits per heavy atom. The summed E-state index contributed by atoms with van der Waals surface area (Å²) in [5.41, 5.74) is 0. The molecule has 0 spiro atoms. The Bertz CT molecular complexity index is 375. The number of hydrogen-bond donors (Lipinski definition) is 1. The fourth-order valence-corrected chi connectivity index (χ4v) is 2.51. The summed E-state index contributed by atoms with van der Waals surface area (Å²) in [5.74, 6) is 2.31. The number of oxazole rings is 1. The molecule has 2 heterocycles. The quantitative estimate of drug-likeness (QED) is 0.893. The van der Waals surface area contributed by atoms with Gasteiger partial charge in [-0.15, -0.1) is 0 Å². The van der Waals surface area contributed by atoms with Crippen molar-refractivity contribution in [1.29, 1.82) is 0 Å². The van der Waals surface area contributed by atoms with Crippen LogP contribution in [0.4, 0.5) is 0 Å². The standard InChI is InChI=1S/C14H25N3O/c1-10(2)17-7-5-6-12(9-17)14-16-8-13(18-14)11(3)15-4/h8,10-12,15H,5-7,9H2,1-4H3. The summed E-state index contributed by atoms with van der Waals surface area (Å²) in [6.45, 7) is 8.88. The lowest BCUT2D eigenvalue weighted by molar-refractivity contribution is 0.155. The van der Waals surface area contributed by atoms with Crippen molar-refractivity contribution in [3.05, 3.63) is 17.8 Å². The fraction of sp³-hybridized carbons (Fsp3) is 0.786. The molecule has 18 heavy (non-hydrogen) atoms. The molecule has 4 nitrogen and oxygen atoms in total. The first-order valence-corrected chi connectivity index (χ1v) is 6.98. The third kappa shape index (κ3) is 2.93. The van der Waals surface area contributed by atoms with Crippen LogP contribution in [0.2, 0.25) is 0 Å². The van der Waals surface area contributed by atoms with E-state index in [4.69, 9.17) is 4.42 Å². The number of aromatic nitrogens is 1. The van der Waals surface area contributed by atoms with Crippen molar-refractivity contribution in [1.82, 2.24) is 15.2 Å². The molecule has 2 rings (SSSR count). The van der Waals surface area contributed by atoms with Crippen LogP contribution in [-0.4, -0.2) is 36.1 Å². The van der Waals surface area contributed by atoms with E-state index in [1.54, 1.807) is 0 Å². The predicted molar refractivity (Wildman–Crippen MR) is 72.7 cm³/mol. The maximum Gasteiger partial charge on any atom is 0.198 e. The summed E-state index contributed by atoms with van der Waals surface area (Å²) >= 11 is 0. The molecule has 1 aromatic heterocycles. The van der Waals surface area contributed by atoms with Crippen molar-refractivity contribution in [2.75, 3.05) is 20.1 Å². The average molecular weight is 251 g/mol. The minimum absolute atomic E-state index is 0.232. The van der Waals surface area contributed by atoms with Gasteiger partial charge >= 0.3 is 0 Å². The summed E-state index contributed by atoms with van der Waals surface area (Å²) in [6, 6.07) is 0.842. The van der Waals surface area contributed by atoms with Gasteiger partial charge < -0.3 is 14.6 Å². The highest BCUT2D eigenvalue weighted by Crippen LogP contribution is 2.28. The Balaban J connectivity index is 2.04. The van der Waals surface area contributed by atoms with Gasteiger partial charge in [-0.2, -0.15) is 0 Å². The van der Waals surface area contributed by atoms with Crippen molar-refractivity contribution < 1.29 is 4.42 Å². The van der Waals surface area contributed by atoms with Crippen LogP contribution in [-0.2, 0) is 0 Å². The molecule has 0 amide bonds. The van der Waals surface area contributed by atoms with E-state index in [1.165, 1.54) is 19.4 Å². The Hall–Kier alpha value is -0.870. The van der Waals surface area contributed by atoms with Gasteiger partial charge in [-0.25, -0.2) is 4.98 Å². The molecule has 0 bridgehead atoms. The molecule has 1 fully saturated rings. The topological polar surface area (TPSA) is 41.3 Å². The van der Waals surface area contributed by atoms with E-state index in [9.17, 15) is 0 Å². The van der Waals surface area contributed by atoms with Crippen molar-refractivity contribution >= 4 is 0 Å². The van der Waals surface area contributed by atoms with E-state index in [2.05, 4.69) is 36.0 Å². The van der Waals surface area contributed by atoms with Gasteiger partial charge in [0.1, 0.15) is 5.76 Å². The van der Waals surface area contributed by atoms with Crippen LogP contribution in [0, 0.1) is 0 Å². The highest BCUT2D eigenvalue weighted by Gasteiger charge is 2.26. The van der Waals surface area contributed by atoms with Crippen LogP contribution in [0.3, 0.4) is 0 Å². The second-order valence-corrected chi connectivity index (χ2v) is 5.54. The van der Waals surface area contributed by atoms with Gasteiger partial charge in [-0.1, -0.05) is 0 Å². The second kappa shape index (κ2) is 5.85. The minimum Gasteiger partial charge on any atom is -0.444 e. The van der Waals surface area contributed by atoms with Gasteiger partial charge in [0.05, 0.1) is 12.2 Å². The summed E-state index contributed by atoms with van der Waals surface area (Å²) < 4.78 is 5.90. The SMILES string of the molecule is CNC(C)c1cnc(C2CCCN(C(C)C)C2)o1. The molecular weight excluding hydrogens is 226 g/mol. The summed E-state index contributed by atoms with van der Waals surface area (Å²) in [5, 5.41) is 3.18. The van der Waals surface area contributed by atoms with E-state index in [1.807, 2.05) is 13.2 Å². The first-order chi connectivity index (χ1) is 8.61. The van der Waals surface area contributed by atoms with Crippen LogP contribution in [0.5, 0.6) is 0 Å². The van der Waals surface area contributed by atoms with Crippen LogP contribution in [0.1, 0.15) is 57.2 Å². The molecule has 2 atom stereocenters. The van der Waals surface area contributed by atoms with Gasteiger partial charge in [-0.05, 0) is 47.2 Å². The van der Waals surface area contributed by atoms with Crippen molar-refractivity contribution in [3.63, 3.8) is 0 Å². The smallest absolute Gasteiger partial charge is 0.198 e. The number of piperidine rings is 1. The van der Waals surface area contributed by atoms with E-state index < -0.39 is 0 Å². The first-order valence-electron chi connectivity index (χ1n) is 6.98. The Morgan fingerprint density at radius 2 is 2.22 bits per heavy atom. The van der Waals surface area contributed by atoms with Crippen molar-refractivity contribution in [2.24, 2.45) is 0 Å². The molecule has 1 saturated heterocycles.